The molecular weight excluding hydrogens is 823 g/mol. The largest absolute Gasteiger partial charge is 0.389 e. The first-order chi connectivity index (χ1) is 30.2. The second kappa shape index (κ2) is 28.2. The Morgan fingerprint density at radius 1 is 0.508 bits per heavy atom. The summed E-state index contributed by atoms with van der Waals surface area (Å²) >= 11 is 0. The van der Waals surface area contributed by atoms with Crippen molar-refractivity contribution in [1.29, 1.82) is 0 Å². The predicted octanol–water partition coefficient (Wildman–Crippen LogP) is -1.73. The fourth-order valence-corrected chi connectivity index (χ4v) is 9.07. The molecule has 3 saturated heterocycles. The molecule has 0 radical (unpaired) electrons. The van der Waals surface area contributed by atoms with Gasteiger partial charge in [0.05, 0.1) is 18.2 Å². The van der Waals surface area contributed by atoms with Crippen LogP contribution in [0.5, 0.6) is 0 Å². The molecule has 0 bridgehead atoms. The van der Waals surface area contributed by atoms with Crippen LogP contribution in [0.25, 0.3) is 0 Å². The van der Waals surface area contributed by atoms with Gasteiger partial charge in [0.2, 0.25) is 5.91 Å². The molecular formula is C43H85N7O13. The Morgan fingerprint density at radius 3 is 1.38 bits per heavy atom. The van der Waals surface area contributed by atoms with E-state index in [0.717, 1.165) is 19.3 Å². The lowest BCUT2D eigenvalue weighted by Gasteiger charge is -2.47. The summed E-state index contributed by atoms with van der Waals surface area (Å²) in [5.74, 6) is -0.232. The fourth-order valence-electron chi connectivity index (χ4n) is 9.07. The standard InChI is InChI=1S/C43H85N7O13/c1-2-3-4-5-6-7-8-9-10-11-12-13-14-15-16-17-18-19-29(51)50-23-28-39(62-42-31(49)36(56)34(54)27(22-45)59-42)37(57)43(60-28)63-40-32(52)24(46)20-25(47)38(40)61-41-30(48)35(55)33(53)26(21-44)58-41/h24-28,30-43,52-57H,2-23,44-49H2,1H3,(H,50,51). The summed E-state index contributed by atoms with van der Waals surface area (Å²) in [4.78, 5) is 13.1. The Kier molecular flexibility index (Phi) is 24.3. The Hall–Kier alpha value is -1.25. The van der Waals surface area contributed by atoms with Crippen LogP contribution in [0, 0.1) is 0 Å². The van der Waals surface area contributed by atoms with Gasteiger partial charge in [0.25, 0.3) is 0 Å². The summed E-state index contributed by atoms with van der Waals surface area (Å²) in [5.41, 5.74) is 36.6. The zero-order chi connectivity index (χ0) is 46.1. The van der Waals surface area contributed by atoms with E-state index in [9.17, 15) is 35.4 Å². The number of aliphatic hydroxyl groups excluding tert-OH is 6. The zero-order valence-corrected chi connectivity index (χ0v) is 37.5. The van der Waals surface area contributed by atoms with Gasteiger partial charge in [-0.25, -0.2) is 0 Å². The molecule has 1 saturated carbocycles. The van der Waals surface area contributed by atoms with E-state index in [2.05, 4.69) is 12.2 Å². The second-order valence-corrected chi connectivity index (χ2v) is 18.3. The summed E-state index contributed by atoms with van der Waals surface area (Å²) in [6.07, 6.45) is 1.40. The maximum Gasteiger partial charge on any atom is 0.220 e. The number of rotatable bonds is 28. The van der Waals surface area contributed by atoms with E-state index in [1.54, 1.807) is 0 Å². The molecule has 4 rings (SSSR count). The number of hydrogen-bond acceptors (Lipinski definition) is 19. The average Bonchev–Trinajstić information content (AvgIpc) is 3.56. The number of carbonyl (C=O) groups is 1. The lowest BCUT2D eigenvalue weighted by Crippen LogP contribution is -2.68. The second-order valence-electron chi connectivity index (χ2n) is 18.3. The number of nitrogens with one attached hydrogen (secondary N) is 1. The highest BCUT2D eigenvalue weighted by Crippen LogP contribution is 2.34. The van der Waals surface area contributed by atoms with Crippen molar-refractivity contribution in [2.75, 3.05) is 19.6 Å². The van der Waals surface area contributed by atoms with Crippen LogP contribution in [0.15, 0.2) is 0 Å². The number of unbranched alkanes of at least 4 members (excludes halogenated alkanes) is 16. The number of carbonyl (C=O) groups excluding carboxylic acids is 1. The summed E-state index contributed by atoms with van der Waals surface area (Å²) in [6, 6.07) is -4.25. The maximum absolute atomic E-state index is 13.1. The van der Waals surface area contributed by atoms with E-state index in [-0.39, 0.29) is 38.4 Å². The van der Waals surface area contributed by atoms with Gasteiger partial charge < -0.3 is 98.8 Å². The number of nitrogens with two attached hydrogens (primary N) is 6. The van der Waals surface area contributed by atoms with Crippen LogP contribution >= 0.6 is 0 Å². The van der Waals surface area contributed by atoms with Crippen molar-refractivity contribution in [2.24, 2.45) is 34.4 Å². The third kappa shape index (κ3) is 15.9. The van der Waals surface area contributed by atoms with Crippen molar-refractivity contribution in [2.45, 2.75) is 245 Å². The van der Waals surface area contributed by atoms with Crippen molar-refractivity contribution in [3.63, 3.8) is 0 Å². The van der Waals surface area contributed by atoms with E-state index in [4.69, 9.17) is 62.8 Å². The van der Waals surface area contributed by atoms with E-state index >= 15 is 0 Å². The van der Waals surface area contributed by atoms with Crippen LogP contribution < -0.4 is 39.7 Å². The quantitative estimate of drug-likeness (QED) is 0.0388. The van der Waals surface area contributed by atoms with Crippen LogP contribution in [-0.2, 0) is 33.2 Å². The van der Waals surface area contributed by atoms with Crippen molar-refractivity contribution >= 4 is 5.91 Å². The van der Waals surface area contributed by atoms with Crippen LogP contribution in [-0.4, -0.2) is 172 Å². The monoisotopic (exact) mass is 908 g/mol. The Morgan fingerprint density at radius 2 is 0.921 bits per heavy atom. The molecule has 0 spiro atoms. The molecule has 0 aromatic carbocycles. The van der Waals surface area contributed by atoms with Gasteiger partial charge in [-0.2, -0.15) is 0 Å². The smallest absolute Gasteiger partial charge is 0.220 e. The molecule has 20 nitrogen and oxygen atoms in total. The highest BCUT2D eigenvalue weighted by Gasteiger charge is 2.54. The minimum atomic E-state index is -1.61. The molecule has 1 amide bonds. The first-order valence-corrected chi connectivity index (χ1v) is 23.9. The summed E-state index contributed by atoms with van der Waals surface area (Å²) in [7, 11) is 0. The van der Waals surface area contributed by atoms with Gasteiger partial charge in [-0.05, 0) is 12.8 Å². The number of hydrogen-bond donors (Lipinski definition) is 13. The molecule has 0 aromatic rings. The molecule has 20 heteroatoms. The van der Waals surface area contributed by atoms with Crippen molar-refractivity contribution < 1.29 is 63.9 Å². The Labute approximate surface area is 373 Å². The van der Waals surface area contributed by atoms with E-state index in [0.29, 0.717) is 6.42 Å². The SMILES string of the molecule is CCCCCCCCCCCCCCCCCCCC(=O)NCC1OC(OC2C(O)C(N)CC(N)C2OC2OC(CN)C(O)C(O)C2N)C(O)C1OC1OC(CN)C(O)C(O)C1N. The lowest BCUT2D eigenvalue weighted by atomic mass is 9.84. The minimum absolute atomic E-state index is 0.0838. The van der Waals surface area contributed by atoms with Crippen molar-refractivity contribution in [1.82, 2.24) is 5.32 Å². The molecule has 4 aliphatic rings. The first-order valence-electron chi connectivity index (χ1n) is 23.9. The molecule has 3 heterocycles. The molecule has 63 heavy (non-hydrogen) atoms. The van der Waals surface area contributed by atoms with Gasteiger partial charge in [-0.1, -0.05) is 110 Å². The Balaban J connectivity index is 1.30. The molecule has 19 N–H and O–H groups in total. The summed E-state index contributed by atoms with van der Waals surface area (Å²) < 4.78 is 36.2. The van der Waals surface area contributed by atoms with Gasteiger partial charge in [0, 0.05) is 38.1 Å². The van der Waals surface area contributed by atoms with Gasteiger partial charge in [-0.3, -0.25) is 4.79 Å². The maximum atomic E-state index is 13.1. The Bertz CT molecular complexity index is 1270. The van der Waals surface area contributed by atoms with Gasteiger partial charge >= 0.3 is 0 Å². The molecule has 19 unspecified atom stereocenters. The van der Waals surface area contributed by atoms with Gasteiger partial charge in [0.1, 0.15) is 67.1 Å². The number of amides is 1. The third-order valence-electron chi connectivity index (χ3n) is 13.2. The van der Waals surface area contributed by atoms with Crippen LogP contribution in [0.1, 0.15) is 129 Å². The normalized spacial score (nSPS) is 39.7. The summed E-state index contributed by atoms with van der Waals surface area (Å²) in [6.45, 7) is 1.79. The van der Waals surface area contributed by atoms with Gasteiger partial charge in [-0.15, -0.1) is 0 Å². The molecule has 370 valence electrons. The van der Waals surface area contributed by atoms with Crippen molar-refractivity contribution in [3.8, 4) is 0 Å². The van der Waals surface area contributed by atoms with Gasteiger partial charge in [0.15, 0.2) is 18.9 Å². The lowest BCUT2D eigenvalue weighted by molar-refractivity contribution is -0.306. The van der Waals surface area contributed by atoms with Crippen LogP contribution in [0.2, 0.25) is 0 Å². The highest BCUT2D eigenvalue weighted by molar-refractivity contribution is 5.75. The first kappa shape index (κ1) is 54.4. The highest BCUT2D eigenvalue weighted by atomic mass is 16.8. The number of aliphatic hydroxyl groups is 6. The molecule has 19 atom stereocenters. The zero-order valence-electron chi connectivity index (χ0n) is 37.5. The third-order valence-corrected chi connectivity index (χ3v) is 13.2. The molecule has 1 aliphatic carbocycles. The van der Waals surface area contributed by atoms with E-state index in [1.165, 1.54) is 83.5 Å². The minimum Gasteiger partial charge on any atom is -0.389 e. The predicted molar refractivity (Wildman–Crippen MR) is 233 cm³/mol. The van der Waals surface area contributed by atoms with E-state index in [1.807, 2.05) is 0 Å². The average molecular weight is 908 g/mol. The number of ether oxygens (including phenoxy) is 6. The molecule has 0 aromatic heterocycles. The van der Waals surface area contributed by atoms with Crippen molar-refractivity contribution in [3.05, 3.63) is 0 Å². The molecule has 4 fully saturated rings. The summed E-state index contributed by atoms with van der Waals surface area (Å²) in [5, 5.41) is 67.9. The fraction of sp³-hybridized carbons (Fsp3) is 0.977. The topological polar surface area (TPSA) is 362 Å². The van der Waals surface area contributed by atoms with E-state index < -0.39 is 116 Å². The molecule has 3 aliphatic heterocycles. The van der Waals surface area contributed by atoms with Crippen LogP contribution in [0.3, 0.4) is 0 Å². The van der Waals surface area contributed by atoms with Crippen LogP contribution in [0.4, 0.5) is 0 Å².